The van der Waals surface area contributed by atoms with E-state index in [4.69, 9.17) is 10.2 Å². The van der Waals surface area contributed by atoms with Crippen molar-refractivity contribution in [2.45, 2.75) is 26.3 Å². The Morgan fingerprint density at radius 2 is 0.829 bits per heavy atom. The lowest BCUT2D eigenvalue weighted by Crippen LogP contribution is -2.35. The third kappa shape index (κ3) is 5.43. The van der Waals surface area contributed by atoms with Crippen LogP contribution in [0.1, 0.15) is 19.8 Å². The van der Waals surface area contributed by atoms with Gasteiger partial charge in [0.1, 0.15) is 10.9 Å². The molecule has 0 fully saturated rings. The maximum Gasteiger partial charge on any atom is 0.122 e. The van der Waals surface area contributed by atoms with Gasteiger partial charge in [-0.15, -0.1) is 0 Å². The molecule has 0 radical (unpaired) electrons. The zero-order valence-electron chi connectivity index (χ0n) is 19.9. The summed E-state index contributed by atoms with van der Waals surface area (Å²) in [7, 11) is -1.70. The summed E-state index contributed by atoms with van der Waals surface area (Å²) < 4.78 is 0. The number of aromatic nitrogens is 3. The summed E-state index contributed by atoms with van der Waals surface area (Å²) in [5.74, 6) is 0. The fraction of sp³-hybridized carbons (Fsp3) is 0.133. The number of aryl methyl sites for hydroxylation is 1. The van der Waals surface area contributed by atoms with E-state index in [1.807, 2.05) is 4.80 Å². The highest BCUT2D eigenvalue weighted by Crippen LogP contribution is 2.37. The van der Waals surface area contributed by atoms with Gasteiger partial charge in [-0.3, -0.25) is 0 Å². The minimum Gasteiger partial charge on any atom is -0.184 e. The van der Waals surface area contributed by atoms with Crippen molar-refractivity contribution in [1.29, 1.82) is 0 Å². The Labute approximate surface area is 210 Å². The van der Waals surface area contributed by atoms with Crippen LogP contribution in [0.15, 0.2) is 121 Å². The van der Waals surface area contributed by atoms with Crippen molar-refractivity contribution in [3.63, 3.8) is 0 Å². The Kier molecular flexibility index (Phi) is 7.79. The molecule has 1 heterocycles. The number of unbranched alkanes of at least 4 members (excludes halogenated alkanes) is 1. The van der Waals surface area contributed by atoms with Gasteiger partial charge in [-0.05, 0) is 27.6 Å². The second-order valence-corrected chi connectivity index (χ2v) is 12.6. The van der Waals surface area contributed by atoms with E-state index in [1.54, 1.807) is 0 Å². The Bertz CT molecular complexity index is 1140. The molecule has 0 aliphatic carbocycles. The molecular formula is C30H29N3P2. The number of nitrogens with zero attached hydrogens (tertiary/aromatic N) is 3. The molecule has 0 saturated heterocycles. The molecule has 3 nitrogen and oxygen atoms in total. The summed E-state index contributed by atoms with van der Waals surface area (Å²) in [5, 5.41) is 15.6. The molecule has 0 saturated carbocycles. The van der Waals surface area contributed by atoms with Crippen molar-refractivity contribution >= 4 is 47.9 Å². The van der Waals surface area contributed by atoms with Crippen molar-refractivity contribution in [3.05, 3.63) is 121 Å². The Morgan fingerprint density at radius 3 is 1.11 bits per heavy atom. The fourth-order valence-electron chi connectivity index (χ4n) is 4.12. The van der Waals surface area contributed by atoms with Crippen LogP contribution in [-0.2, 0) is 6.54 Å². The average Bonchev–Trinajstić information content (AvgIpc) is 3.33. The first-order chi connectivity index (χ1) is 17.3. The normalized spacial score (nSPS) is 11.3. The van der Waals surface area contributed by atoms with Gasteiger partial charge in [0.25, 0.3) is 0 Å². The van der Waals surface area contributed by atoms with Gasteiger partial charge in [-0.2, -0.15) is 15.0 Å². The predicted molar refractivity (Wildman–Crippen MR) is 152 cm³/mol. The largest absolute Gasteiger partial charge is 0.184 e. The molecule has 5 aromatic rings. The van der Waals surface area contributed by atoms with E-state index in [1.165, 1.54) is 21.2 Å². The monoisotopic (exact) mass is 493 g/mol. The van der Waals surface area contributed by atoms with Crippen molar-refractivity contribution in [3.8, 4) is 0 Å². The standard InChI is InChI=1S/C30H29N3P2/c1-2-3-24-33-31-29(34(25-16-8-4-9-17-25)26-18-10-5-11-19-26)30(32-33)35(27-20-12-6-13-21-27)28-22-14-7-15-23-28/h4-23H,2-3,24H2,1H3. The summed E-state index contributed by atoms with van der Waals surface area (Å²) >= 11 is 0. The van der Waals surface area contributed by atoms with E-state index < -0.39 is 15.8 Å². The predicted octanol–water partition coefficient (Wildman–Crippen LogP) is 4.59. The van der Waals surface area contributed by atoms with E-state index in [2.05, 4.69) is 128 Å². The first-order valence-electron chi connectivity index (χ1n) is 12.1. The van der Waals surface area contributed by atoms with Crippen molar-refractivity contribution < 1.29 is 0 Å². The van der Waals surface area contributed by atoms with Crippen molar-refractivity contribution in [2.75, 3.05) is 0 Å². The molecule has 0 bridgehead atoms. The van der Waals surface area contributed by atoms with Crippen LogP contribution in [0.4, 0.5) is 0 Å². The van der Waals surface area contributed by atoms with E-state index >= 15 is 0 Å². The lowest BCUT2D eigenvalue weighted by atomic mass is 10.3. The number of hydrogen-bond acceptors (Lipinski definition) is 2. The van der Waals surface area contributed by atoms with Gasteiger partial charge >= 0.3 is 0 Å². The second-order valence-electron chi connectivity index (χ2n) is 8.31. The van der Waals surface area contributed by atoms with Crippen LogP contribution in [0.3, 0.4) is 0 Å². The highest BCUT2D eigenvalue weighted by atomic mass is 31.1. The van der Waals surface area contributed by atoms with Gasteiger partial charge in [0.05, 0.1) is 6.54 Å². The maximum atomic E-state index is 5.22. The summed E-state index contributed by atoms with van der Waals surface area (Å²) in [5.41, 5.74) is 2.24. The highest BCUT2D eigenvalue weighted by molar-refractivity contribution is 7.85. The molecule has 0 amide bonds. The minimum atomic E-state index is -0.852. The van der Waals surface area contributed by atoms with E-state index in [-0.39, 0.29) is 0 Å². The smallest absolute Gasteiger partial charge is 0.122 e. The molecule has 0 spiro atoms. The van der Waals surface area contributed by atoms with E-state index in [0.29, 0.717) is 0 Å². The molecule has 0 aliphatic rings. The summed E-state index contributed by atoms with van der Waals surface area (Å²) in [6.45, 7) is 3.05. The Balaban J connectivity index is 1.74. The second kappa shape index (κ2) is 11.5. The first-order valence-corrected chi connectivity index (χ1v) is 14.8. The summed E-state index contributed by atoms with van der Waals surface area (Å²) in [4.78, 5) is 1.95. The van der Waals surface area contributed by atoms with Crippen LogP contribution < -0.4 is 32.1 Å². The van der Waals surface area contributed by atoms with Crippen LogP contribution in [0.2, 0.25) is 0 Å². The van der Waals surface area contributed by atoms with Gasteiger partial charge in [0, 0.05) is 15.8 Å². The molecule has 4 aromatic carbocycles. The van der Waals surface area contributed by atoms with Crippen molar-refractivity contribution in [2.24, 2.45) is 0 Å². The van der Waals surface area contributed by atoms with Gasteiger partial charge in [0.15, 0.2) is 0 Å². The Hall–Kier alpha value is -3.12. The molecule has 5 rings (SSSR count). The van der Waals surface area contributed by atoms with Gasteiger partial charge in [-0.25, -0.2) is 0 Å². The molecule has 35 heavy (non-hydrogen) atoms. The average molecular weight is 494 g/mol. The van der Waals surface area contributed by atoms with Crippen LogP contribution in [0.25, 0.3) is 0 Å². The highest BCUT2D eigenvalue weighted by Gasteiger charge is 2.30. The quantitative estimate of drug-likeness (QED) is 0.281. The fourth-order valence-corrected chi connectivity index (χ4v) is 9.05. The minimum absolute atomic E-state index is 0.836. The zero-order chi connectivity index (χ0) is 23.9. The molecule has 0 atom stereocenters. The summed E-state index contributed by atoms with van der Waals surface area (Å²) in [6, 6.07) is 43.3. The molecule has 0 N–H and O–H groups in total. The molecule has 0 aliphatic heterocycles. The van der Waals surface area contributed by atoms with Crippen LogP contribution in [0, 0.1) is 0 Å². The molecule has 5 heteroatoms. The third-order valence-corrected chi connectivity index (χ3v) is 10.7. The van der Waals surface area contributed by atoms with Gasteiger partial charge in [-0.1, -0.05) is 135 Å². The topological polar surface area (TPSA) is 30.7 Å². The molecule has 174 valence electrons. The first kappa shape index (κ1) is 23.6. The van der Waals surface area contributed by atoms with Gasteiger partial charge < -0.3 is 0 Å². The maximum absolute atomic E-state index is 5.22. The number of benzene rings is 4. The number of rotatable bonds is 9. The van der Waals surface area contributed by atoms with E-state index in [9.17, 15) is 0 Å². The van der Waals surface area contributed by atoms with Crippen LogP contribution in [-0.4, -0.2) is 15.0 Å². The third-order valence-electron chi connectivity index (χ3n) is 5.81. The lowest BCUT2D eigenvalue weighted by molar-refractivity contribution is 0.512. The van der Waals surface area contributed by atoms with Crippen molar-refractivity contribution in [1.82, 2.24) is 15.0 Å². The molecule has 0 unspecified atom stereocenters. The SMILES string of the molecule is CCCCn1nc(P(c2ccccc2)c2ccccc2)c(P(c2ccccc2)c2ccccc2)n1. The van der Waals surface area contributed by atoms with Crippen LogP contribution >= 0.6 is 15.8 Å². The lowest BCUT2D eigenvalue weighted by Gasteiger charge is -2.22. The van der Waals surface area contributed by atoms with Crippen LogP contribution in [0.5, 0.6) is 0 Å². The van der Waals surface area contributed by atoms with Gasteiger partial charge in [0.2, 0.25) is 0 Å². The summed E-state index contributed by atoms with van der Waals surface area (Å²) in [6.07, 6.45) is 2.18. The van der Waals surface area contributed by atoms with E-state index in [0.717, 1.165) is 30.3 Å². The zero-order valence-corrected chi connectivity index (χ0v) is 21.7. The molecule has 1 aromatic heterocycles. The Morgan fingerprint density at radius 1 is 0.514 bits per heavy atom. The number of hydrogen-bond donors (Lipinski definition) is 0. The molecular weight excluding hydrogens is 464 g/mol.